The van der Waals surface area contributed by atoms with Crippen LogP contribution in [0.3, 0.4) is 0 Å². The molecule has 5 nitrogen and oxygen atoms in total. The zero-order valence-corrected chi connectivity index (χ0v) is 14.9. The van der Waals surface area contributed by atoms with Crippen LogP contribution >= 0.6 is 24.8 Å². The van der Waals surface area contributed by atoms with Crippen molar-refractivity contribution < 1.29 is 5.11 Å². The van der Waals surface area contributed by atoms with Gasteiger partial charge in [-0.2, -0.15) is 5.10 Å². The molecular weight excluding hydrogens is 335 g/mol. The van der Waals surface area contributed by atoms with Crippen LogP contribution in [0.5, 0.6) is 0 Å². The van der Waals surface area contributed by atoms with E-state index in [2.05, 4.69) is 17.3 Å². The van der Waals surface area contributed by atoms with Crippen LogP contribution in [0.2, 0.25) is 0 Å². The Morgan fingerprint density at radius 1 is 1.22 bits per heavy atom. The predicted molar refractivity (Wildman–Crippen MR) is 98.2 cm³/mol. The van der Waals surface area contributed by atoms with Crippen LogP contribution in [0.15, 0.2) is 42.7 Å². The normalized spacial score (nSPS) is 12.8. The molecule has 0 aliphatic carbocycles. The first kappa shape index (κ1) is 21.9. The predicted octanol–water partition coefficient (Wildman–Crippen LogP) is 1.77. The molecule has 0 bridgehead atoms. The maximum absolute atomic E-state index is 10.1. The smallest absolute Gasteiger partial charge is 0.0818 e. The average Bonchev–Trinajstić information content (AvgIpc) is 2.96. The highest BCUT2D eigenvalue weighted by Gasteiger charge is 2.14. The van der Waals surface area contributed by atoms with Gasteiger partial charge in [0.15, 0.2) is 0 Å². The number of aryl methyl sites for hydroxylation is 1. The second kappa shape index (κ2) is 11.4. The van der Waals surface area contributed by atoms with Gasteiger partial charge in [-0.3, -0.25) is 4.68 Å². The van der Waals surface area contributed by atoms with Crippen molar-refractivity contribution in [3.8, 4) is 0 Å². The van der Waals surface area contributed by atoms with Gasteiger partial charge in [-0.25, -0.2) is 0 Å². The van der Waals surface area contributed by atoms with E-state index in [-0.39, 0.29) is 30.9 Å². The number of halogens is 2. The summed E-state index contributed by atoms with van der Waals surface area (Å²) in [5, 5.41) is 17.5. The number of aliphatic hydroxyl groups excluding tert-OH is 1. The fourth-order valence-corrected chi connectivity index (χ4v) is 2.21. The van der Waals surface area contributed by atoms with E-state index < -0.39 is 6.10 Å². The van der Waals surface area contributed by atoms with Gasteiger partial charge in [0.25, 0.3) is 0 Å². The number of benzene rings is 1. The zero-order valence-electron chi connectivity index (χ0n) is 13.3. The Bertz CT molecular complexity index is 536. The lowest BCUT2D eigenvalue weighted by molar-refractivity contribution is 0.141. The highest BCUT2D eigenvalue weighted by Crippen LogP contribution is 2.04. The molecule has 2 aromatic rings. The minimum Gasteiger partial charge on any atom is -0.390 e. The lowest BCUT2D eigenvalue weighted by Crippen LogP contribution is -2.42. The first-order chi connectivity index (χ1) is 10.2. The number of rotatable bonds is 8. The molecule has 0 spiro atoms. The minimum atomic E-state index is -0.563. The van der Waals surface area contributed by atoms with Gasteiger partial charge in [-0.1, -0.05) is 30.3 Å². The number of aromatic nitrogens is 2. The van der Waals surface area contributed by atoms with Crippen LogP contribution in [0.4, 0.5) is 0 Å². The fraction of sp³-hybridized carbons (Fsp3) is 0.438. The van der Waals surface area contributed by atoms with E-state index in [9.17, 15) is 5.11 Å². The van der Waals surface area contributed by atoms with Crippen molar-refractivity contribution in [1.29, 1.82) is 0 Å². The van der Waals surface area contributed by atoms with Crippen LogP contribution in [0.25, 0.3) is 0 Å². The molecule has 130 valence electrons. The summed E-state index contributed by atoms with van der Waals surface area (Å²) in [5.74, 6) is 0. The maximum Gasteiger partial charge on any atom is 0.0818 e. The molecule has 0 saturated carbocycles. The Morgan fingerprint density at radius 2 is 1.91 bits per heavy atom. The monoisotopic (exact) mass is 360 g/mol. The lowest BCUT2D eigenvalue weighted by Gasteiger charge is -2.19. The highest BCUT2D eigenvalue weighted by molar-refractivity contribution is 5.85. The highest BCUT2D eigenvalue weighted by atomic mass is 35.5. The number of nitrogens with zero attached hydrogens (tertiary/aromatic N) is 2. The average molecular weight is 361 g/mol. The molecule has 2 atom stereocenters. The van der Waals surface area contributed by atoms with E-state index in [4.69, 9.17) is 5.73 Å². The topological polar surface area (TPSA) is 76.1 Å². The Kier molecular flexibility index (Phi) is 10.9. The quantitative estimate of drug-likeness (QED) is 0.670. The molecule has 0 unspecified atom stereocenters. The molecule has 1 aromatic carbocycles. The Hall–Kier alpha value is -1.11. The second-order valence-corrected chi connectivity index (χ2v) is 5.26. The molecule has 1 heterocycles. The molecule has 1 aromatic heterocycles. The van der Waals surface area contributed by atoms with Gasteiger partial charge in [0, 0.05) is 37.4 Å². The lowest BCUT2D eigenvalue weighted by atomic mass is 10.0. The molecule has 0 aliphatic heterocycles. The summed E-state index contributed by atoms with van der Waals surface area (Å²) in [6, 6.07) is 9.73. The van der Waals surface area contributed by atoms with E-state index in [1.165, 1.54) is 0 Å². The second-order valence-electron chi connectivity index (χ2n) is 5.26. The summed E-state index contributed by atoms with van der Waals surface area (Å²) in [5.41, 5.74) is 8.31. The Labute approximate surface area is 150 Å². The maximum atomic E-state index is 10.1. The number of hydrogen-bond acceptors (Lipinski definition) is 4. The van der Waals surface area contributed by atoms with Gasteiger partial charge in [0.2, 0.25) is 0 Å². The fourth-order valence-electron chi connectivity index (χ4n) is 2.21. The zero-order chi connectivity index (χ0) is 15.1. The van der Waals surface area contributed by atoms with Crippen molar-refractivity contribution in [2.75, 3.05) is 6.54 Å². The SMILES string of the molecule is CCn1cc(CNC[C@@H](O)[C@@H](N)Cc2ccccc2)cn1.Cl.Cl. The number of aliphatic hydroxyl groups is 1. The van der Waals surface area contributed by atoms with Crippen molar-refractivity contribution in [2.45, 2.75) is 38.6 Å². The van der Waals surface area contributed by atoms with E-state index in [0.717, 1.165) is 17.7 Å². The third kappa shape index (κ3) is 7.33. The molecular formula is C16H26Cl2N4O. The van der Waals surface area contributed by atoms with Gasteiger partial charge in [0.05, 0.1) is 12.3 Å². The van der Waals surface area contributed by atoms with E-state index in [0.29, 0.717) is 19.5 Å². The Balaban J connectivity index is 0.00000242. The molecule has 7 heteroatoms. The van der Waals surface area contributed by atoms with Crippen LogP contribution in [0.1, 0.15) is 18.1 Å². The van der Waals surface area contributed by atoms with Gasteiger partial charge < -0.3 is 16.2 Å². The summed E-state index contributed by atoms with van der Waals surface area (Å²) in [6.07, 6.45) is 3.96. The molecule has 0 saturated heterocycles. The van der Waals surface area contributed by atoms with Crippen LogP contribution in [0, 0.1) is 0 Å². The third-order valence-electron chi connectivity index (χ3n) is 3.50. The molecule has 23 heavy (non-hydrogen) atoms. The first-order valence-electron chi connectivity index (χ1n) is 7.38. The van der Waals surface area contributed by atoms with Gasteiger partial charge in [0.1, 0.15) is 0 Å². The molecule has 2 rings (SSSR count). The molecule has 4 N–H and O–H groups in total. The van der Waals surface area contributed by atoms with Crippen molar-refractivity contribution in [1.82, 2.24) is 15.1 Å². The third-order valence-corrected chi connectivity index (χ3v) is 3.50. The number of nitrogens with two attached hydrogens (primary N) is 1. The van der Waals surface area contributed by atoms with Crippen molar-refractivity contribution in [3.05, 3.63) is 53.9 Å². The molecule has 0 radical (unpaired) electrons. The summed E-state index contributed by atoms with van der Waals surface area (Å²) < 4.78 is 1.88. The minimum absolute atomic E-state index is 0. The summed E-state index contributed by atoms with van der Waals surface area (Å²) >= 11 is 0. The van der Waals surface area contributed by atoms with Crippen molar-refractivity contribution in [3.63, 3.8) is 0 Å². The Morgan fingerprint density at radius 3 is 2.52 bits per heavy atom. The van der Waals surface area contributed by atoms with Gasteiger partial charge >= 0.3 is 0 Å². The number of hydrogen-bond donors (Lipinski definition) is 3. The summed E-state index contributed by atoms with van der Waals surface area (Å²) in [4.78, 5) is 0. The van der Waals surface area contributed by atoms with E-state index >= 15 is 0 Å². The van der Waals surface area contributed by atoms with Gasteiger partial charge in [-0.15, -0.1) is 24.8 Å². The molecule has 0 aliphatic rings. The summed E-state index contributed by atoms with van der Waals surface area (Å²) in [7, 11) is 0. The summed E-state index contributed by atoms with van der Waals surface area (Å²) in [6.45, 7) is 4.08. The van der Waals surface area contributed by atoms with Crippen LogP contribution in [-0.4, -0.2) is 33.6 Å². The first-order valence-corrected chi connectivity index (χ1v) is 7.38. The van der Waals surface area contributed by atoms with Crippen molar-refractivity contribution >= 4 is 24.8 Å². The van der Waals surface area contributed by atoms with Crippen molar-refractivity contribution in [2.24, 2.45) is 5.73 Å². The largest absolute Gasteiger partial charge is 0.390 e. The van der Waals surface area contributed by atoms with Crippen LogP contribution < -0.4 is 11.1 Å². The van der Waals surface area contributed by atoms with Crippen LogP contribution in [-0.2, 0) is 19.5 Å². The standard InChI is InChI=1S/C16H24N4O.2ClH/c1-2-20-12-14(10-19-20)9-18-11-16(21)15(17)8-13-6-4-3-5-7-13;;/h3-7,10,12,15-16,18,21H,2,8-9,11,17H2,1H3;2*1H/t15-,16+;;/m0../s1. The van der Waals surface area contributed by atoms with E-state index in [1.807, 2.05) is 47.4 Å². The molecule has 0 fully saturated rings. The number of nitrogens with one attached hydrogen (secondary N) is 1. The van der Waals surface area contributed by atoms with Gasteiger partial charge in [-0.05, 0) is 18.9 Å². The molecule has 0 amide bonds. The van der Waals surface area contributed by atoms with E-state index in [1.54, 1.807) is 0 Å².